The van der Waals surface area contributed by atoms with Gasteiger partial charge in [0.25, 0.3) is 5.91 Å². The number of nitrogens with one attached hydrogen (secondary N) is 2. The first-order valence-corrected chi connectivity index (χ1v) is 7.02. The molecule has 0 saturated heterocycles. The topological polar surface area (TPSA) is 58.2 Å². The Morgan fingerprint density at radius 1 is 1.25 bits per heavy atom. The van der Waals surface area contributed by atoms with Crippen molar-refractivity contribution in [2.45, 2.75) is 44.6 Å². The average molecular weight is 294 g/mol. The molecule has 0 fully saturated rings. The molecule has 0 heterocycles. The first-order valence-electron chi connectivity index (χ1n) is 6.58. The number of amides is 2. The Balaban J connectivity index is 2.48. The van der Waals surface area contributed by atoms with Crippen LogP contribution in [-0.2, 0) is 4.79 Å². The van der Waals surface area contributed by atoms with E-state index in [4.69, 9.17) is 0 Å². The highest BCUT2D eigenvalue weighted by Gasteiger charge is 2.14. The summed E-state index contributed by atoms with van der Waals surface area (Å²) in [6, 6.07) is 5.42. The fourth-order valence-electron chi connectivity index (χ4n) is 1.72. The summed E-state index contributed by atoms with van der Waals surface area (Å²) in [7, 11) is 0. The Bertz CT molecular complexity index is 507. The fraction of sp³-hybridized carbons (Fsp3) is 0.467. The van der Waals surface area contributed by atoms with Crippen molar-refractivity contribution in [2.75, 3.05) is 6.54 Å². The van der Waals surface area contributed by atoms with Gasteiger partial charge in [-0.15, -0.1) is 12.6 Å². The van der Waals surface area contributed by atoms with Crippen molar-refractivity contribution in [3.8, 4) is 0 Å². The number of carbonyl (C=O) groups is 2. The van der Waals surface area contributed by atoms with Gasteiger partial charge in [0.15, 0.2) is 0 Å². The third-order valence-electron chi connectivity index (χ3n) is 2.62. The van der Waals surface area contributed by atoms with E-state index in [0.717, 1.165) is 10.5 Å². The Labute approximate surface area is 125 Å². The second-order valence-electron chi connectivity index (χ2n) is 5.80. The first kappa shape index (κ1) is 16.6. The van der Waals surface area contributed by atoms with E-state index in [1.807, 2.05) is 39.8 Å². The number of carbonyl (C=O) groups excluding carboxylic acids is 2. The maximum atomic E-state index is 12.0. The lowest BCUT2D eigenvalue weighted by Crippen LogP contribution is -2.42. The van der Waals surface area contributed by atoms with E-state index in [2.05, 4.69) is 23.3 Å². The van der Waals surface area contributed by atoms with Crippen LogP contribution in [0.1, 0.15) is 43.1 Å². The molecule has 0 aromatic heterocycles. The van der Waals surface area contributed by atoms with Crippen LogP contribution < -0.4 is 10.6 Å². The van der Waals surface area contributed by atoms with Crippen molar-refractivity contribution in [2.24, 2.45) is 0 Å². The van der Waals surface area contributed by atoms with Gasteiger partial charge in [-0.25, -0.2) is 0 Å². The maximum Gasteiger partial charge on any atom is 0.251 e. The summed E-state index contributed by atoms with van der Waals surface area (Å²) >= 11 is 4.22. The standard InChI is InChI=1S/C15H22N2O2S/c1-10-5-6-11(20)9-12(10)14(19)16-8-7-13(18)17-15(2,3)4/h5-6,9,20H,7-8H2,1-4H3,(H,16,19)(H,17,18). The van der Waals surface area contributed by atoms with E-state index in [1.54, 1.807) is 6.07 Å². The number of aryl methyl sites for hydroxylation is 1. The van der Waals surface area contributed by atoms with Crippen molar-refractivity contribution < 1.29 is 9.59 Å². The zero-order valence-electron chi connectivity index (χ0n) is 12.4. The molecule has 4 nitrogen and oxygen atoms in total. The van der Waals surface area contributed by atoms with Crippen LogP contribution in [0.15, 0.2) is 23.1 Å². The molecule has 0 bridgehead atoms. The first-order chi connectivity index (χ1) is 9.19. The smallest absolute Gasteiger partial charge is 0.251 e. The van der Waals surface area contributed by atoms with Gasteiger partial charge < -0.3 is 10.6 Å². The lowest BCUT2D eigenvalue weighted by atomic mass is 10.1. The van der Waals surface area contributed by atoms with Crippen LogP contribution in [-0.4, -0.2) is 23.9 Å². The van der Waals surface area contributed by atoms with Crippen LogP contribution in [0.25, 0.3) is 0 Å². The summed E-state index contributed by atoms with van der Waals surface area (Å²) in [5.41, 5.74) is 1.23. The zero-order chi connectivity index (χ0) is 15.3. The normalized spacial score (nSPS) is 11.1. The Kier molecular flexibility index (Phi) is 5.62. The molecule has 2 N–H and O–H groups in total. The lowest BCUT2D eigenvalue weighted by molar-refractivity contribution is -0.122. The van der Waals surface area contributed by atoms with Gasteiger partial charge in [-0.1, -0.05) is 6.07 Å². The molecule has 1 aromatic carbocycles. The van der Waals surface area contributed by atoms with Crippen molar-refractivity contribution >= 4 is 24.4 Å². The molecule has 20 heavy (non-hydrogen) atoms. The molecule has 0 saturated carbocycles. The molecule has 0 spiro atoms. The third kappa shape index (κ3) is 5.65. The van der Waals surface area contributed by atoms with Gasteiger partial charge >= 0.3 is 0 Å². The fourth-order valence-corrected chi connectivity index (χ4v) is 1.92. The predicted molar refractivity (Wildman–Crippen MR) is 83.3 cm³/mol. The highest BCUT2D eigenvalue weighted by Crippen LogP contribution is 2.13. The molecule has 0 aliphatic rings. The Morgan fingerprint density at radius 2 is 1.90 bits per heavy atom. The zero-order valence-corrected chi connectivity index (χ0v) is 13.3. The van der Waals surface area contributed by atoms with Crippen LogP contribution in [0.3, 0.4) is 0 Å². The molecular formula is C15H22N2O2S. The predicted octanol–water partition coefficient (Wildman–Crippen LogP) is 2.32. The van der Waals surface area contributed by atoms with Gasteiger partial charge in [-0.05, 0) is 45.4 Å². The second-order valence-corrected chi connectivity index (χ2v) is 6.32. The third-order valence-corrected chi connectivity index (χ3v) is 2.90. The molecule has 0 aliphatic heterocycles. The SMILES string of the molecule is Cc1ccc(S)cc1C(=O)NCCC(=O)NC(C)(C)C. The Hall–Kier alpha value is -1.49. The minimum atomic E-state index is -0.252. The summed E-state index contributed by atoms with van der Waals surface area (Å²) in [5, 5.41) is 5.60. The van der Waals surface area contributed by atoms with Gasteiger partial charge in [0, 0.05) is 29.0 Å². The van der Waals surface area contributed by atoms with E-state index in [1.165, 1.54) is 0 Å². The molecular weight excluding hydrogens is 272 g/mol. The van der Waals surface area contributed by atoms with Crippen molar-refractivity contribution in [1.29, 1.82) is 0 Å². The summed E-state index contributed by atoms with van der Waals surface area (Å²) in [6.45, 7) is 7.95. The van der Waals surface area contributed by atoms with Crippen LogP contribution in [0.4, 0.5) is 0 Å². The molecule has 2 amide bonds. The molecule has 5 heteroatoms. The van der Waals surface area contributed by atoms with E-state index < -0.39 is 0 Å². The van der Waals surface area contributed by atoms with E-state index in [-0.39, 0.29) is 23.8 Å². The van der Waals surface area contributed by atoms with Crippen LogP contribution in [0, 0.1) is 6.92 Å². The van der Waals surface area contributed by atoms with Crippen molar-refractivity contribution in [1.82, 2.24) is 10.6 Å². The summed E-state index contributed by atoms with van der Waals surface area (Å²) in [5.74, 6) is -0.251. The molecule has 110 valence electrons. The molecule has 0 atom stereocenters. The van der Waals surface area contributed by atoms with Gasteiger partial charge in [-0.3, -0.25) is 9.59 Å². The highest BCUT2D eigenvalue weighted by atomic mass is 32.1. The minimum Gasteiger partial charge on any atom is -0.352 e. The average Bonchev–Trinajstić information content (AvgIpc) is 2.29. The van der Waals surface area contributed by atoms with Crippen LogP contribution in [0.2, 0.25) is 0 Å². The van der Waals surface area contributed by atoms with E-state index >= 15 is 0 Å². The summed E-state index contributed by atoms with van der Waals surface area (Å²) in [4.78, 5) is 24.4. The number of thiol groups is 1. The monoisotopic (exact) mass is 294 g/mol. The van der Waals surface area contributed by atoms with E-state index in [0.29, 0.717) is 12.1 Å². The van der Waals surface area contributed by atoms with Crippen LogP contribution in [0.5, 0.6) is 0 Å². The van der Waals surface area contributed by atoms with Gasteiger partial charge in [-0.2, -0.15) is 0 Å². The van der Waals surface area contributed by atoms with Crippen molar-refractivity contribution in [3.63, 3.8) is 0 Å². The highest BCUT2D eigenvalue weighted by molar-refractivity contribution is 7.80. The number of hydrogen-bond acceptors (Lipinski definition) is 3. The Morgan fingerprint density at radius 3 is 2.50 bits per heavy atom. The lowest BCUT2D eigenvalue weighted by Gasteiger charge is -2.20. The largest absolute Gasteiger partial charge is 0.352 e. The van der Waals surface area contributed by atoms with Crippen LogP contribution >= 0.6 is 12.6 Å². The minimum absolute atomic E-state index is 0.0718. The molecule has 0 unspecified atom stereocenters. The van der Waals surface area contributed by atoms with E-state index in [9.17, 15) is 9.59 Å². The quantitative estimate of drug-likeness (QED) is 0.746. The second kappa shape index (κ2) is 6.79. The van der Waals surface area contributed by atoms with Gasteiger partial charge in [0.1, 0.15) is 0 Å². The summed E-state index contributed by atoms with van der Waals surface area (Å²) < 4.78 is 0. The number of benzene rings is 1. The number of hydrogen-bond donors (Lipinski definition) is 3. The van der Waals surface area contributed by atoms with Gasteiger partial charge in [0.2, 0.25) is 5.91 Å². The van der Waals surface area contributed by atoms with Gasteiger partial charge in [0.05, 0.1) is 0 Å². The maximum absolute atomic E-state index is 12.0. The molecule has 1 aromatic rings. The molecule has 1 rings (SSSR count). The molecule has 0 aliphatic carbocycles. The summed E-state index contributed by atoms with van der Waals surface area (Å²) in [6.07, 6.45) is 0.266. The number of rotatable bonds is 4. The van der Waals surface area contributed by atoms with Crippen molar-refractivity contribution in [3.05, 3.63) is 29.3 Å². The molecule has 0 radical (unpaired) electrons.